The lowest BCUT2D eigenvalue weighted by molar-refractivity contribution is -0.118. The number of hydrogen-bond acceptors (Lipinski definition) is 4. The summed E-state index contributed by atoms with van der Waals surface area (Å²) in [6, 6.07) is 7.01. The molecule has 124 valence electrons. The van der Waals surface area contributed by atoms with Gasteiger partial charge in [0.05, 0.1) is 19.3 Å². The maximum atomic E-state index is 11.7. The zero-order chi connectivity index (χ0) is 15.1. The maximum Gasteiger partial charge on any atom is 0.243 e. The van der Waals surface area contributed by atoms with E-state index in [1.165, 1.54) is 32.8 Å². The van der Waals surface area contributed by atoms with Gasteiger partial charge in [-0.1, -0.05) is 25.0 Å². The van der Waals surface area contributed by atoms with Crippen LogP contribution in [0.1, 0.15) is 31.2 Å². The highest BCUT2D eigenvalue weighted by Crippen LogP contribution is 2.22. The molecule has 22 heavy (non-hydrogen) atoms. The van der Waals surface area contributed by atoms with E-state index in [2.05, 4.69) is 5.32 Å². The summed E-state index contributed by atoms with van der Waals surface area (Å²) in [6.07, 6.45) is 5.31. The molecular weight excluding hydrogens is 304 g/mol. The Labute approximate surface area is 138 Å². The monoisotopic (exact) mass is 328 g/mol. The molecule has 0 saturated heterocycles. The van der Waals surface area contributed by atoms with E-state index in [1.54, 1.807) is 0 Å². The Hall–Kier alpha value is -1.14. The summed E-state index contributed by atoms with van der Waals surface area (Å²) in [4.78, 5) is 11.7. The molecule has 6 heteroatoms. The Bertz CT molecular complexity index is 447. The van der Waals surface area contributed by atoms with Crippen molar-refractivity contribution < 1.29 is 14.3 Å². The number of carbonyl (C=O) groups is 1. The number of anilines is 1. The second kappa shape index (κ2) is 9.79. The first kappa shape index (κ1) is 18.9. The van der Waals surface area contributed by atoms with Crippen molar-refractivity contribution in [3.05, 3.63) is 29.8 Å². The first-order valence-corrected chi connectivity index (χ1v) is 7.45. The zero-order valence-corrected chi connectivity index (χ0v) is 13.7. The largest absolute Gasteiger partial charge is 0.383 e. The second-order valence-corrected chi connectivity index (χ2v) is 5.47. The summed E-state index contributed by atoms with van der Waals surface area (Å²) in [6.45, 7) is 0.835. The molecular formula is C16H25ClN2O3. The van der Waals surface area contributed by atoms with Crippen molar-refractivity contribution in [2.75, 3.05) is 19.0 Å². The predicted molar refractivity (Wildman–Crippen MR) is 89.2 cm³/mol. The fourth-order valence-corrected chi connectivity index (χ4v) is 2.44. The lowest BCUT2D eigenvalue weighted by atomic mass is 10.2. The third-order valence-corrected chi connectivity index (χ3v) is 3.69. The SMILES string of the molecule is COCC(N)C(=O)Nc1ccc(COC2CCCC2)cc1.Cl. The van der Waals surface area contributed by atoms with E-state index in [4.69, 9.17) is 15.2 Å². The van der Waals surface area contributed by atoms with Gasteiger partial charge in [-0.2, -0.15) is 0 Å². The van der Waals surface area contributed by atoms with Crippen LogP contribution in [-0.4, -0.2) is 31.8 Å². The number of amides is 1. The van der Waals surface area contributed by atoms with E-state index < -0.39 is 6.04 Å². The summed E-state index contributed by atoms with van der Waals surface area (Å²) in [5.74, 6) is -0.244. The van der Waals surface area contributed by atoms with Crippen LogP contribution in [0.25, 0.3) is 0 Å². The first-order valence-electron chi connectivity index (χ1n) is 7.45. The molecule has 1 fully saturated rings. The molecule has 1 aromatic rings. The fraction of sp³-hybridized carbons (Fsp3) is 0.562. The fourth-order valence-electron chi connectivity index (χ4n) is 2.44. The number of benzene rings is 1. The minimum atomic E-state index is -0.652. The van der Waals surface area contributed by atoms with E-state index >= 15 is 0 Å². The molecule has 1 amide bonds. The van der Waals surface area contributed by atoms with Crippen LogP contribution in [0.15, 0.2) is 24.3 Å². The molecule has 2 rings (SSSR count). The Morgan fingerprint density at radius 1 is 1.32 bits per heavy atom. The van der Waals surface area contributed by atoms with Crippen LogP contribution in [-0.2, 0) is 20.9 Å². The van der Waals surface area contributed by atoms with E-state index in [0.29, 0.717) is 12.7 Å². The van der Waals surface area contributed by atoms with Crippen molar-refractivity contribution in [2.45, 2.75) is 44.4 Å². The van der Waals surface area contributed by atoms with Crippen LogP contribution >= 0.6 is 12.4 Å². The summed E-state index contributed by atoms with van der Waals surface area (Å²) in [5, 5.41) is 2.77. The van der Waals surface area contributed by atoms with Crippen LogP contribution in [0.3, 0.4) is 0 Å². The molecule has 0 aliphatic heterocycles. The number of halogens is 1. The van der Waals surface area contributed by atoms with Gasteiger partial charge < -0.3 is 20.5 Å². The molecule has 5 nitrogen and oxygen atoms in total. The normalized spacial score (nSPS) is 16.1. The van der Waals surface area contributed by atoms with Crippen LogP contribution in [0.2, 0.25) is 0 Å². The molecule has 1 saturated carbocycles. The third-order valence-electron chi connectivity index (χ3n) is 3.69. The number of methoxy groups -OCH3 is 1. The van der Waals surface area contributed by atoms with Crippen LogP contribution in [0.5, 0.6) is 0 Å². The smallest absolute Gasteiger partial charge is 0.243 e. The van der Waals surface area contributed by atoms with Gasteiger partial charge in [-0.3, -0.25) is 4.79 Å². The average molecular weight is 329 g/mol. The van der Waals surface area contributed by atoms with Gasteiger partial charge in [0.15, 0.2) is 0 Å². The van der Waals surface area contributed by atoms with Crippen molar-refractivity contribution in [3.8, 4) is 0 Å². The number of ether oxygens (including phenoxy) is 2. The van der Waals surface area contributed by atoms with Crippen LogP contribution in [0, 0.1) is 0 Å². The molecule has 0 spiro atoms. The summed E-state index contributed by atoms with van der Waals surface area (Å²) in [7, 11) is 1.52. The third kappa shape index (κ3) is 5.93. The van der Waals surface area contributed by atoms with Crippen LogP contribution in [0.4, 0.5) is 5.69 Å². The standard InChI is InChI=1S/C16H24N2O3.ClH/c1-20-11-15(17)16(19)18-13-8-6-12(7-9-13)10-21-14-4-2-3-5-14;/h6-9,14-15H,2-5,10-11,17H2,1H3,(H,18,19);1H. The van der Waals surface area contributed by atoms with E-state index in [0.717, 1.165) is 11.3 Å². The molecule has 0 radical (unpaired) electrons. The lowest BCUT2D eigenvalue weighted by Gasteiger charge is -2.13. The van der Waals surface area contributed by atoms with Gasteiger partial charge in [0.2, 0.25) is 5.91 Å². The first-order chi connectivity index (χ1) is 10.2. The highest BCUT2D eigenvalue weighted by molar-refractivity contribution is 5.94. The van der Waals surface area contributed by atoms with Crippen molar-refractivity contribution in [2.24, 2.45) is 5.73 Å². The van der Waals surface area contributed by atoms with E-state index in [1.807, 2.05) is 24.3 Å². The quantitative estimate of drug-likeness (QED) is 0.806. The minimum absolute atomic E-state index is 0. The van der Waals surface area contributed by atoms with E-state index in [9.17, 15) is 4.79 Å². The van der Waals surface area contributed by atoms with Crippen LogP contribution < -0.4 is 11.1 Å². The average Bonchev–Trinajstić information content (AvgIpc) is 3.00. The van der Waals surface area contributed by atoms with Crippen molar-refractivity contribution >= 4 is 24.0 Å². The van der Waals surface area contributed by atoms with Crippen molar-refractivity contribution in [1.82, 2.24) is 0 Å². The van der Waals surface area contributed by atoms with Gasteiger partial charge in [-0.05, 0) is 30.5 Å². The van der Waals surface area contributed by atoms with Gasteiger partial charge >= 0.3 is 0 Å². The van der Waals surface area contributed by atoms with Crippen molar-refractivity contribution in [3.63, 3.8) is 0 Å². The predicted octanol–water partition coefficient (Wildman–Crippen LogP) is 2.48. The van der Waals surface area contributed by atoms with Gasteiger partial charge in [-0.15, -0.1) is 12.4 Å². The van der Waals surface area contributed by atoms with Gasteiger partial charge in [0, 0.05) is 12.8 Å². The Morgan fingerprint density at radius 3 is 2.55 bits per heavy atom. The molecule has 0 heterocycles. The molecule has 1 aliphatic carbocycles. The van der Waals surface area contributed by atoms with Gasteiger partial charge in [-0.25, -0.2) is 0 Å². The molecule has 1 aliphatic rings. The van der Waals surface area contributed by atoms with Gasteiger partial charge in [0.1, 0.15) is 6.04 Å². The number of nitrogens with two attached hydrogens (primary N) is 1. The molecule has 0 bridgehead atoms. The lowest BCUT2D eigenvalue weighted by Crippen LogP contribution is -2.39. The van der Waals surface area contributed by atoms with E-state index in [-0.39, 0.29) is 24.9 Å². The minimum Gasteiger partial charge on any atom is -0.383 e. The highest BCUT2D eigenvalue weighted by Gasteiger charge is 2.15. The second-order valence-electron chi connectivity index (χ2n) is 5.47. The summed E-state index contributed by atoms with van der Waals surface area (Å²) < 4.78 is 10.7. The summed E-state index contributed by atoms with van der Waals surface area (Å²) in [5.41, 5.74) is 7.51. The molecule has 3 N–H and O–H groups in total. The number of rotatable bonds is 7. The topological polar surface area (TPSA) is 73.6 Å². The molecule has 0 aromatic heterocycles. The Morgan fingerprint density at radius 2 is 1.95 bits per heavy atom. The molecule has 1 aromatic carbocycles. The maximum absolute atomic E-state index is 11.7. The summed E-state index contributed by atoms with van der Waals surface area (Å²) >= 11 is 0. The number of nitrogens with one attached hydrogen (secondary N) is 1. The Balaban J connectivity index is 0.00000242. The molecule has 1 unspecified atom stereocenters. The highest BCUT2D eigenvalue weighted by atomic mass is 35.5. The van der Waals surface area contributed by atoms with Crippen molar-refractivity contribution in [1.29, 1.82) is 0 Å². The zero-order valence-electron chi connectivity index (χ0n) is 12.9. The molecule has 1 atom stereocenters. The number of carbonyl (C=O) groups excluding carboxylic acids is 1. The van der Waals surface area contributed by atoms with Gasteiger partial charge in [0.25, 0.3) is 0 Å². The Kier molecular flexibility index (Phi) is 8.42. The number of hydrogen-bond donors (Lipinski definition) is 2.